The molecule has 1 heterocycles. The Bertz CT molecular complexity index is 1180. The van der Waals surface area contributed by atoms with Gasteiger partial charge in [-0.25, -0.2) is 0 Å². The molecule has 0 saturated heterocycles. The first-order chi connectivity index (χ1) is 15.3. The van der Waals surface area contributed by atoms with Gasteiger partial charge in [-0.05, 0) is 17.7 Å². The molecule has 2 aromatic carbocycles. The number of carbonyl (C=O) groups is 2. The average Bonchev–Trinajstić information content (AvgIpc) is 3.09. The van der Waals surface area contributed by atoms with Crippen molar-refractivity contribution in [1.29, 1.82) is 0 Å². The van der Waals surface area contributed by atoms with Crippen molar-refractivity contribution in [3.05, 3.63) is 46.8 Å². The normalized spacial score (nSPS) is 11.8. The lowest BCUT2D eigenvalue weighted by atomic mass is 10.1. The summed E-state index contributed by atoms with van der Waals surface area (Å²) >= 11 is 3.07. The SMILES string of the molecule is COC(=O)Cn1c(=NC(=O)Cc2ccc(SC(C)C)cc2)sc2cc(OC)c(OC)cc21. The topological polar surface area (TPSA) is 79.1 Å². The third-order valence-corrected chi connectivity index (χ3v) is 6.63. The van der Waals surface area contributed by atoms with Gasteiger partial charge in [-0.3, -0.25) is 9.59 Å². The molecule has 0 aliphatic heterocycles. The second-order valence-corrected chi connectivity index (χ2v) is 9.87. The highest BCUT2D eigenvalue weighted by Crippen LogP contribution is 2.33. The predicted molar refractivity (Wildman–Crippen MR) is 127 cm³/mol. The molecule has 3 rings (SSSR count). The Morgan fingerprint density at radius 3 is 2.31 bits per heavy atom. The number of benzene rings is 2. The van der Waals surface area contributed by atoms with E-state index in [1.54, 1.807) is 42.7 Å². The van der Waals surface area contributed by atoms with Crippen molar-refractivity contribution >= 4 is 45.2 Å². The monoisotopic (exact) mass is 474 g/mol. The number of nitrogens with zero attached hydrogens (tertiary/aromatic N) is 2. The molecule has 7 nitrogen and oxygen atoms in total. The van der Waals surface area contributed by atoms with Crippen LogP contribution in [0.3, 0.4) is 0 Å². The Labute approximate surface area is 195 Å². The molecule has 0 bridgehead atoms. The molecule has 0 aliphatic carbocycles. The fraction of sp³-hybridized carbons (Fsp3) is 0.348. The molecule has 32 heavy (non-hydrogen) atoms. The standard InChI is InChI=1S/C23H26N2O5S2/c1-14(2)31-16-8-6-15(7-9-16)10-21(26)24-23-25(13-22(27)30-5)17-11-18(28-3)19(29-4)12-20(17)32-23/h6-9,11-12,14H,10,13H2,1-5H3. The van der Waals surface area contributed by atoms with E-state index in [-0.39, 0.29) is 18.9 Å². The third kappa shape index (κ3) is 5.72. The maximum absolute atomic E-state index is 12.7. The number of ether oxygens (including phenoxy) is 3. The van der Waals surface area contributed by atoms with Crippen LogP contribution in [0.2, 0.25) is 0 Å². The number of methoxy groups -OCH3 is 3. The highest BCUT2D eigenvalue weighted by Gasteiger charge is 2.16. The zero-order valence-electron chi connectivity index (χ0n) is 18.7. The van der Waals surface area contributed by atoms with Crippen molar-refractivity contribution in [2.75, 3.05) is 21.3 Å². The van der Waals surface area contributed by atoms with Crippen LogP contribution in [0, 0.1) is 0 Å². The highest BCUT2D eigenvalue weighted by atomic mass is 32.2. The first-order valence-corrected chi connectivity index (χ1v) is 11.7. The highest BCUT2D eigenvalue weighted by molar-refractivity contribution is 7.99. The van der Waals surface area contributed by atoms with Gasteiger partial charge >= 0.3 is 5.97 Å². The second-order valence-electron chi connectivity index (χ2n) is 7.21. The molecular formula is C23H26N2O5S2. The number of hydrogen-bond acceptors (Lipinski definition) is 7. The summed E-state index contributed by atoms with van der Waals surface area (Å²) in [5.41, 5.74) is 1.59. The molecular weight excluding hydrogens is 448 g/mol. The fourth-order valence-corrected chi connectivity index (χ4v) is 5.00. The lowest BCUT2D eigenvalue weighted by molar-refractivity contribution is -0.141. The Morgan fingerprint density at radius 1 is 1.06 bits per heavy atom. The van der Waals surface area contributed by atoms with Crippen LogP contribution in [0.4, 0.5) is 0 Å². The number of carbonyl (C=O) groups excluding carboxylic acids is 2. The van der Waals surface area contributed by atoms with Crippen LogP contribution in [0.5, 0.6) is 11.5 Å². The van der Waals surface area contributed by atoms with Gasteiger partial charge in [0.2, 0.25) is 0 Å². The first kappa shape index (κ1) is 23.9. The van der Waals surface area contributed by atoms with Crippen LogP contribution < -0.4 is 14.3 Å². The number of rotatable bonds is 8. The smallest absolute Gasteiger partial charge is 0.325 e. The van der Waals surface area contributed by atoms with E-state index in [0.717, 1.165) is 15.2 Å². The van der Waals surface area contributed by atoms with Gasteiger partial charge in [-0.2, -0.15) is 4.99 Å². The van der Waals surface area contributed by atoms with Gasteiger partial charge in [0, 0.05) is 22.3 Å². The summed E-state index contributed by atoms with van der Waals surface area (Å²) in [6, 6.07) is 11.5. The summed E-state index contributed by atoms with van der Waals surface area (Å²) in [4.78, 5) is 30.6. The van der Waals surface area contributed by atoms with E-state index in [4.69, 9.17) is 14.2 Å². The van der Waals surface area contributed by atoms with E-state index in [1.807, 2.05) is 24.3 Å². The van der Waals surface area contributed by atoms with Crippen LogP contribution in [0.25, 0.3) is 10.2 Å². The minimum atomic E-state index is -0.438. The zero-order valence-corrected chi connectivity index (χ0v) is 20.3. The van der Waals surface area contributed by atoms with Gasteiger partial charge < -0.3 is 18.8 Å². The number of hydrogen-bond donors (Lipinski definition) is 0. The average molecular weight is 475 g/mol. The lowest BCUT2D eigenvalue weighted by Crippen LogP contribution is -2.22. The maximum Gasteiger partial charge on any atom is 0.325 e. The molecule has 3 aromatic rings. The molecule has 0 aliphatic rings. The fourth-order valence-electron chi connectivity index (χ4n) is 3.11. The number of amides is 1. The minimum Gasteiger partial charge on any atom is -0.493 e. The minimum absolute atomic E-state index is 0.0702. The van der Waals surface area contributed by atoms with Gasteiger partial charge in [0.25, 0.3) is 5.91 Å². The van der Waals surface area contributed by atoms with E-state index >= 15 is 0 Å². The van der Waals surface area contributed by atoms with Crippen molar-refractivity contribution in [2.45, 2.75) is 37.0 Å². The van der Waals surface area contributed by atoms with Crippen LogP contribution in [-0.2, 0) is 27.3 Å². The Hall–Kier alpha value is -2.78. The number of fused-ring (bicyclic) bond motifs is 1. The van der Waals surface area contributed by atoms with Crippen molar-refractivity contribution in [3.8, 4) is 11.5 Å². The van der Waals surface area contributed by atoms with Crippen LogP contribution >= 0.6 is 23.1 Å². The molecule has 0 N–H and O–H groups in total. The molecule has 9 heteroatoms. The number of thiazole rings is 1. The predicted octanol–water partition coefficient (Wildman–Crippen LogP) is 4.06. The largest absolute Gasteiger partial charge is 0.493 e. The van der Waals surface area contributed by atoms with E-state index in [2.05, 4.69) is 18.8 Å². The van der Waals surface area contributed by atoms with Gasteiger partial charge in [-0.1, -0.05) is 37.3 Å². The Morgan fingerprint density at radius 2 is 1.72 bits per heavy atom. The third-order valence-electron chi connectivity index (χ3n) is 4.57. The quantitative estimate of drug-likeness (QED) is 0.362. The first-order valence-electron chi connectivity index (χ1n) is 10.00. The summed E-state index contributed by atoms with van der Waals surface area (Å²) in [6.07, 6.45) is 0.172. The Kier molecular flexibility index (Phi) is 7.98. The van der Waals surface area contributed by atoms with Gasteiger partial charge in [0.05, 0.1) is 38.0 Å². The molecule has 1 aromatic heterocycles. The van der Waals surface area contributed by atoms with Gasteiger partial charge in [-0.15, -0.1) is 11.8 Å². The molecule has 0 saturated carbocycles. The molecule has 0 unspecified atom stereocenters. The van der Waals surface area contributed by atoms with E-state index < -0.39 is 5.97 Å². The molecule has 170 valence electrons. The van der Waals surface area contributed by atoms with Crippen molar-refractivity contribution in [1.82, 2.24) is 4.57 Å². The second kappa shape index (κ2) is 10.7. The Balaban J connectivity index is 1.97. The molecule has 0 fully saturated rings. The van der Waals surface area contributed by atoms with Crippen LogP contribution in [0.15, 0.2) is 46.3 Å². The van der Waals surface area contributed by atoms with Gasteiger partial charge in [0.15, 0.2) is 16.3 Å². The summed E-state index contributed by atoms with van der Waals surface area (Å²) < 4.78 is 18.1. The van der Waals surface area contributed by atoms with Crippen LogP contribution in [0.1, 0.15) is 19.4 Å². The summed E-state index contributed by atoms with van der Waals surface area (Å²) in [5, 5.41) is 0.493. The lowest BCUT2D eigenvalue weighted by Gasteiger charge is -2.09. The molecule has 0 atom stereocenters. The summed E-state index contributed by atoms with van der Waals surface area (Å²) in [7, 11) is 4.42. The van der Waals surface area contributed by atoms with Crippen LogP contribution in [-0.4, -0.2) is 43.0 Å². The summed E-state index contributed by atoms with van der Waals surface area (Å²) in [5.74, 6) is 0.349. The molecule has 1 amide bonds. The van der Waals surface area contributed by atoms with E-state index in [9.17, 15) is 9.59 Å². The molecule has 0 spiro atoms. The van der Waals surface area contributed by atoms with Gasteiger partial charge in [0.1, 0.15) is 6.54 Å². The van der Waals surface area contributed by atoms with Crippen molar-refractivity contribution < 1.29 is 23.8 Å². The maximum atomic E-state index is 12.7. The van der Waals surface area contributed by atoms with E-state index in [1.165, 1.54) is 18.4 Å². The number of esters is 1. The summed E-state index contributed by atoms with van der Waals surface area (Å²) in [6.45, 7) is 4.21. The zero-order chi connectivity index (χ0) is 23.3. The van der Waals surface area contributed by atoms with Crippen molar-refractivity contribution in [3.63, 3.8) is 0 Å². The van der Waals surface area contributed by atoms with Crippen molar-refractivity contribution in [2.24, 2.45) is 4.99 Å². The number of thioether (sulfide) groups is 1. The number of aromatic nitrogens is 1. The molecule has 0 radical (unpaired) electrons. The van der Waals surface area contributed by atoms with E-state index in [0.29, 0.717) is 27.1 Å².